The molecule has 0 aliphatic heterocycles. The van der Waals surface area contributed by atoms with E-state index in [0.29, 0.717) is 39.5 Å². The maximum atomic E-state index is 12.6. The Kier molecular flexibility index (Phi) is 9.14. The highest BCUT2D eigenvalue weighted by molar-refractivity contribution is 9.10. The number of anilines is 1. The van der Waals surface area contributed by atoms with Gasteiger partial charge in [-0.25, -0.2) is 0 Å². The molecule has 3 aromatic rings. The number of nitrogens with zero attached hydrogens (tertiary/aromatic N) is 3. The van der Waals surface area contributed by atoms with Crippen LogP contribution in [-0.2, 0) is 11.3 Å². The Morgan fingerprint density at radius 1 is 1.26 bits per heavy atom. The number of nitrogens with one attached hydrogen (secondary N) is 2. The van der Waals surface area contributed by atoms with Crippen molar-refractivity contribution in [3.63, 3.8) is 0 Å². The smallest absolute Gasteiger partial charge is 0.251 e. The first-order chi connectivity index (χ1) is 16.3. The van der Waals surface area contributed by atoms with Crippen LogP contribution in [0.2, 0.25) is 5.02 Å². The van der Waals surface area contributed by atoms with Gasteiger partial charge in [-0.05, 0) is 65.3 Å². The second-order valence-electron chi connectivity index (χ2n) is 7.13. The lowest BCUT2D eigenvalue weighted by molar-refractivity contribution is -0.113. The number of carbonyl (C=O) groups excluding carboxylic acids is 2. The number of hydrogen-bond acceptors (Lipinski definition) is 6. The van der Waals surface area contributed by atoms with Crippen LogP contribution in [0.15, 0.2) is 64.7 Å². The van der Waals surface area contributed by atoms with E-state index < -0.39 is 6.04 Å². The number of hydrogen-bond donors (Lipinski definition) is 2. The van der Waals surface area contributed by atoms with Crippen LogP contribution in [0.1, 0.15) is 29.1 Å². The minimum atomic E-state index is -0.421. The summed E-state index contributed by atoms with van der Waals surface area (Å²) in [5.74, 6) is 0.896. The van der Waals surface area contributed by atoms with Gasteiger partial charge in [-0.15, -0.1) is 16.8 Å². The summed E-state index contributed by atoms with van der Waals surface area (Å²) in [6.45, 7) is 6.04. The van der Waals surface area contributed by atoms with Crippen LogP contribution in [0, 0.1) is 0 Å². The predicted molar refractivity (Wildman–Crippen MR) is 138 cm³/mol. The molecule has 178 valence electrons. The molecule has 0 saturated carbocycles. The molecule has 2 aromatic carbocycles. The van der Waals surface area contributed by atoms with Gasteiger partial charge < -0.3 is 19.9 Å². The van der Waals surface area contributed by atoms with E-state index in [1.54, 1.807) is 55.7 Å². The number of carbonyl (C=O) groups is 2. The van der Waals surface area contributed by atoms with Gasteiger partial charge in [0.15, 0.2) is 11.0 Å². The Hall–Kier alpha value is -2.82. The number of halogens is 2. The number of thioether (sulfide) groups is 1. The molecule has 0 fully saturated rings. The molecule has 0 aliphatic rings. The number of aromatic nitrogens is 3. The maximum Gasteiger partial charge on any atom is 0.251 e. The van der Waals surface area contributed by atoms with E-state index in [4.69, 9.17) is 16.3 Å². The third-order valence-corrected chi connectivity index (χ3v) is 6.88. The highest BCUT2D eigenvalue weighted by Crippen LogP contribution is 2.26. The van der Waals surface area contributed by atoms with Crippen LogP contribution in [-0.4, -0.2) is 39.4 Å². The number of ether oxygens (including phenoxy) is 1. The molecule has 34 heavy (non-hydrogen) atoms. The third kappa shape index (κ3) is 6.62. The fourth-order valence-electron chi connectivity index (χ4n) is 3.02. The molecular formula is C23H23BrClN5O3S. The van der Waals surface area contributed by atoms with E-state index in [9.17, 15) is 9.59 Å². The normalized spacial score (nSPS) is 11.5. The highest BCUT2D eigenvalue weighted by atomic mass is 79.9. The summed E-state index contributed by atoms with van der Waals surface area (Å²) in [5, 5.41) is 15.2. The molecule has 2 amide bonds. The van der Waals surface area contributed by atoms with Crippen molar-refractivity contribution >= 4 is 56.8 Å². The zero-order valence-electron chi connectivity index (χ0n) is 18.5. The molecule has 2 N–H and O–H groups in total. The van der Waals surface area contributed by atoms with Crippen LogP contribution < -0.4 is 15.4 Å². The summed E-state index contributed by atoms with van der Waals surface area (Å²) in [6.07, 6.45) is 1.71. The van der Waals surface area contributed by atoms with Crippen molar-refractivity contribution in [3.05, 3.63) is 76.0 Å². The second-order valence-corrected chi connectivity index (χ2v) is 9.33. The number of methoxy groups -OCH3 is 1. The van der Waals surface area contributed by atoms with Gasteiger partial charge in [0, 0.05) is 22.3 Å². The molecule has 0 radical (unpaired) electrons. The minimum absolute atomic E-state index is 0.121. The zero-order chi connectivity index (χ0) is 24.7. The quantitative estimate of drug-likeness (QED) is 0.262. The molecule has 3 rings (SSSR count). The second kappa shape index (κ2) is 12.0. The average molecular weight is 565 g/mol. The Morgan fingerprint density at radius 2 is 2.00 bits per heavy atom. The highest BCUT2D eigenvalue weighted by Gasteiger charge is 2.20. The van der Waals surface area contributed by atoms with Crippen molar-refractivity contribution in [1.29, 1.82) is 0 Å². The number of amides is 2. The molecule has 1 aromatic heterocycles. The summed E-state index contributed by atoms with van der Waals surface area (Å²) in [4.78, 5) is 25.0. The van der Waals surface area contributed by atoms with Gasteiger partial charge in [-0.1, -0.05) is 29.4 Å². The van der Waals surface area contributed by atoms with Crippen molar-refractivity contribution in [2.24, 2.45) is 0 Å². The van der Waals surface area contributed by atoms with Crippen molar-refractivity contribution in [3.8, 4) is 5.75 Å². The van der Waals surface area contributed by atoms with Crippen molar-refractivity contribution in [2.45, 2.75) is 24.7 Å². The first kappa shape index (κ1) is 25.8. The van der Waals surface area contributed by atoms with E-state index >= 15 is 0 Å². The van der Waals surface area contributed by atoms with E-state index in [-0.39, 0.29) is 17.6 Å². The fraction of sp³-hybridized carbons (Fsp3) is 0.217. The van der Waals surface area contributed by atoms with Crippen LogP contribution in [0.4, 0.5) is 5.69 Å². The summed E-state index contributed by atoms with van der Waals surface area (Å²) < 4.78 is 7.70. The monoisotopic (exact) mass is 563 g/mol. The van der Waals surface area contributed by atoms with Gasteiger partial charge in [-0.2, -0.15) is 0 Å². The lowest BCUT2D eigenvalue weighted by Crippen LogP contribution is -2.28. The maximum absolute atomic E-state index is 12.6. The Morgan fingerprint density at radius 3 is 2.65 bits per heavy atom. The molecule has 11 heteroatoms. The summed E-state index contributed by atoms with van der Waals surface area (Å²) in [6, 6.07) is 11.6. The minimum Gasteiger partial charge on any atom is -0.497 e. The molecule has 1 heterocycles. The van der Waals surface area contributed by atoms with Crippen LogP contribution in [0.5, 0.6) is 5.75 Å². The molecule has 1 unspecified atom stereocenters. The fourth-order valence-corrected chi connectivity index (χ4v) is 4.20. The molecule has 0 aliphatic carbocycles. The van der Waals surface area contributed by atoms with Gasteiger partial charge in [-0.3, -0.25) is 9.59 Å². The van der Waals surface area contributed by atoms with Gasteiger partial charge >= 0.3 is 0 Å². The lowest BCUT2D eigenvalue weighted by Gasteiger charge is -2.15. The van der Waals surface area contributed by atoms with Gasteiger partial charge in [0.2, 0.25) is 5.91 Å². The van der Waals surface area contributed by atoms with Gasteiger partial charge in [0.1, 0.15) is 5.75 Å². The van der Waals surface area contributed by atoms with Crippen molar-refractivity contribution < 1.29 is 14.3 Å². The SMILES string of the molecule is C=CCn1c(SCC(=O)Nc2ccc(Br)c(Cl)c2)nnc1C(C)NC(=O)c1ccc(OC)cc1. The first-order valence-electron chi connectivity index (χ1n) is 10.2. The molecular weight excluding hydrogens is 542 g/mol. The molecule has 0 bridgehead atoms. The van der Waals surface area contributed by atoms with Gasteiger partial charge in [0.05, 0.1) is 23.9 Å². The van der Waals surface area contributed by atoms with Crippen LogP contribution >= 0.6 is 39.3 Å². The van der Waals surface area contributed by atoms with Crippen molar-refractivity contribution in [1.82, 2.24) is 20.1 Å². The standard InChI is InChI=1S/C23H23BrClN5O3S/c1-4-11-30-21(14(2)26-22(32)15-5-8-17(33-3)9-6-15)28-29-23(30)34-13-20(31)27-16-7-10-18(24)19(25)12-16/h4-10,12,14H,1,11,13H2,2-3H3,(H,26,32)(H,27,31). The van der Waals surface area contributed by atoms with Crippen LogP contribution in [0.3, 0.4) is 0 Å². The number of rotatable bonds is 10. The lowest BCUT2D eigenvalue weighted by atomic mass is 10.2. The summed E-state index contributed by atoms with van der Waals surface area (Å²) in [5.41, 5.74) is 1.10. The predicted octanol–water partition coefficient (Wildman–Crippen LogP) is 5.11. The Balaban J connectivity index is 1.65. The Bertz CT molecular complexity index is 1190. The number of allylic oxidation sites excluding steroid dienone is 1. The summed E-state index contributed by atoms with van der Waals surface area (Å²) >= 11 is 10.6. The molecule has 0 spiro atoms. The molecule has 8 nitrogen and oxygen atoms in total. The zero-order valence-corrected chi connectivity index (χ0v) is 21.7. The molecule has 0 saturated heterocycles. The van der Waals surface area contributed by atoms with E-state index in [0.717, 1.165) is 4.47 Å². The van der Waals surface area contributed by atoms with E-state index in [1.165, 1.54) is 11.8 Å². The summed E-state index contributed by atoms with van der Waals surface area (Å²) in [7, 11) is 1.57. The third-order valence-electron chi connectivity index (χ3n) is 4.68. The van der Waals surface area contributed by atoms with Crippen LogP contribution in [0.25, 0.3) is 0 Å². The first-order valence-corrected chi connectivity index (χ1v) is 12.3. The Labute approximate surface area is 215 Å². The topological polar surface area (TPSA) is 98.1 Å². The van der Waals surface area contributed by atoms with E-state index in [1.807, 2.05) is 11.5 Å². The average Bonchev–Trinajstić information content (AvgIpc) is 3.23. The van der Waals surface area contributed by atoms with E-state index in [2.05, 4.69) is 43.3 Å². The number of benzene rings is 2. The van der Waals surface area contributed by atoms with Crippen molar-refractivity contribution in [2.75, 3.05) is 18.2 Å². The largest absolute Gasteiger partial charge is 0.497 e. The molecule has 1 atom stereocenters. The van der Waals surface area contributed by atoms with Gasteiger partial charge in [0.25, 0.3) is 5.91 Å².